The van der Waals surface area contributed by atoms with Crippen LogP contribution in [0.1, 0.15) is 0 Å². The van der Waals surface area contributed by atoms with Crippen LogP contribution in [0.15, 0.2) is 9.85 Å². The van der Waals surface area contributed by atoms with Gasteiger partial charge in [-0.15, -0.1) is 10.2 Å². The topological polar surface area (TPSA) is 85.9 Å². The lowest BCUT2D eigenvalue weighted by atomic mass is 10.8. The van der Waals surface area contributed by atoms with Crippen LogP contribution in [0.3, 0.4) is 0 Å². The van der Waals surface area contributed by atoms with Crippen molar-refractivity contribution in [2.45, 2.75) is 4.34 Å². The van der Waals surface area contributed by atoms with Crippen molar-refractivity contribution in [3.05, 3.63) is 5.51 Å². The van der Waals surface area contributed by atoms with Gasteiger partial charge in [-0.25, -0.2) is 8.42 Å². The Kier molecular flexibility index (Phi) is 2.53. The summed E-state index contributed by atoms with van der Waals surface area (Å²) in [7, 11) is -3.25. The Hall–Kier alpha value is -0.530. The molecule has 0 aliphatic rings. The van der Waals surface area contributed by atoms with Crippen molar-refractivity contribution in [3.8, 4) is 0 Å². The maximum Gasteiger partial charge on any atom is 0.232 e. The monoisotopic (exact) mass is 193 g/mol. The Labute approximate surface area is 68.2 Å². The predicted molar refractivity (Wildman–Crippen MR) is 41.0 cm³/mol. The van der Waals surface area contributed by atoms with E-state index in [4.69, 9.17) is 5.73 Å². The van der Waals surface area contributed by atoms with E-state index >= 15 is 0 Å². The molecule has 0 saturated heterocycles. The number of rotatable bonds is 3. The Morgan fingerprint density at radius 3 is 2.82 bits per heavy atom. The highest BCUT2D eigenvalue weighted by molar-refractivity contribution is 7.93. The van der Waals surface area contributed by atoms with Crippen molar-refractivity contribution in [3.63, 3.8) is 0 Å². The molecule has 1 heterocycles. The maximum absolute atomic E-state index is 11.1. The molecule has 0 spiro atoms. The smallest absolute Gasteiger partial charge is 0.232 e. The molecule has 0 aromatic carbocycles. The molecule has 0 unspecified atom stereocenters. The molecule has 0 aliphatic heterocycles. The minimum Gasteiger partial charge on any atom is -0.329 e. The van der Waals surface area contributed by atoms with Crippen LogP contribution in [0.2, 0.25) is 0 Å². The normalized spacial score (nSPS) is 11.7. The summed E-state index contributed by atoms with van der Waals surface area (Å²) in [6.07, 6.45) is 0. The fraction of sp³-hybridized carbons (Fsp3) is 0.500. The third kappa shape index (κ3) is 1.95. The van der Waals surface area contributed by atoms with Gasteiger partial charge in [0.15, 0.2) is 0 Å². The highest BCUT2D eigenvalue weighted by Crippen LogP contribution is 2.10. The summed E-state index contributed by atoms with van der Waals surface area (Å²) in [4.78, 5) is 0. The molecule has 0 atom stereocenters. The largest absolute Gasteiger partial charge is 0.329 e. The third-order valence-corrected chi connectivity index (χ3v) is 3.91. The Bertz CT molecular complexity index is 304. The molecule has 1 rings (SSSR count). The number of hydrogen-bond acceptors (Lipinski definition) is 6. The minimum absolute atomic E-state index is 0.0444. The highest BCUT2D eigenvalue weighted by Gasteiger charge is 2.16. The van der Waals surface area contributed by atoms with E-state index in [0.717, 1.165) is 11.3 Å². The second-order valence-corrected chi connectivity index (χ2v) is 4.93. The zero-order chi connectivity index (χ0) is 8.32. The van der Waals surface area contributed by atoms with E-state index in [9.17, 15) is 8.42 Å². The number of nitrogens with zero attached hydrogens (tertiary/aromatic N) is 2. The molecule has 0 fully saturated rings. The van der Waals surface area contributed by atoms with Crippen molar-refractivity contribution in [2.24, 2.45) is 5.73 Å². The van der Waals surface area contributed by atoms with Crippen LogP contribution in [-0.4, -0.2) is 30.9 Å². The van der Waals surface area contributed by atoms with Crippen molar-refractivity contribution < 1.29 is 8.42 Å². The first-order valence-corrected chi connectivity index (χ1v) is 5.39. The van der Waals surface area contributed by atoms with Crippen molar-refractivity contribution in [1.82, 2.24) is 10.2 Å². The summed E-state index contributed by atoms with van der Waals surface area (Å²) in [6, 6.07) is 0. The fourth-order valence-corrected chi connectivity index (χ4v) is 2.44. The lowest BCUT2D eigenvalue weighted by molar-refractivity contribution is 0.594. The fourth-order valence-electron chi connectivity index (χ4n) is 0.541. The van der Waals surface area contributed by atoms with Gasteiger partial charge in [0.2, 0.25) is 14.2 Å². The molecule has 0 bridgehead atoms. The van der Waals surface area contributed by atoms with E-state index in [1.54, 1.807) is 0 Å². The van der Waals surface area contributed by atoms with E-state index in [0.29, 0.717) is 0 Å². The number of sulfone groups is 1. The second kappa shape index (κ2) is 3.24. The van der Waals surface area contributed by atoms with Crippen molar-refractivity contribution in [1.29, 1.82) is 0 Å². The van der Waals surface area contributed by atoms with Crippen LogP contribution in [-0.2, 0) is 9.84 Å². The minimum atomic E-state index is -3.25. The molecular formula is C4H7N3O2S2. The van der Waals surface area contributed by atoms with Gasteiger partial charge in [0.25, 0.3) is 0 Å². The van der Waals surface area contributed by atoms with Gasteiger partial charge >= 0.3 is 0 Å². The lowest BCUT2D eigenvalue weighted by Gasteiger charge is -1.93. The van der Waals surface area contributed by atoms with Gasteiger partial charge in [0, 0.05) is 6.54 Å². The van der Waals surface area contributed by atoms with Gasteiger partial charge in [-0.05, 0) is 0 Å². The van der Waals surface area contributed by atoms with Gasteiger partial charge in [0.05, 0.1) is 5.75 Å². The summed E-state index contributed by atoms with van der Waals surface area (Å²) in [5, 5.41) is 6.85. The molecule has 11 heavy (non-hydrogen) atoms. The van der Waals surface area contributed by atoms with E-state index in [2.05, 4.69) is 10.2 Å². The van der Waals surface area contributed by atoms with Crippen LogP contribution in [0, 0.1) is 0 Å². The SMILES string of the molecule is NCCS(=O)(=O)c1nncs1. The van der Waals surface area contributed by atoms with E-state index < -0.39 is 9.84 Å². The summed E-state index contributed by atoms with van der Waals surface area (Å²) >= 11 is 1.00. The van der Waals surface area contributed by atoms with Crippen LogP contribution >= 0.6 is 11.3 Å². The van der Waals surface area contributed by atoms with Gasteiger partial charge in [-0.2, -0.15) is 0 Å². The second-order valence-electron chi connectivity index (χ2n) is 1.81. The molecule has 0 aliphatic carbocycles. The third-order valence-electron chi connectivity index (χ3n) is 0.993. The summed E-state index contributed by atoms with van der Waals surface area (Å²) in [6.45, 7) is 0.113. The molecule has 2 N–H and O–H groups in total. The first kappa shape index (κ1) is 8.57. The zero-order valence-electron chi connectivity index (χ0n) is 5.60. The average Bonchev–Trinajstić information content (AvgIpc) is 2.37. The molecule has 1 aromatic rings. The van der Waals surface area contributed by atoms with Gasteiger partial charge in [-0.1, -0.05) is 11.3 Å². The zero-order valence-corrected chi connectivity index (χ0v) is 7.23. The highest BCUT2D eigenvalue weighted by atomic mass is 32.2. The van der Waals surface area contributed by atoms with E-state index in [-0.39, 0.29) is 16.6 Å². The predicted octanol–water partition coefficient (Wildman–Crippen LogP) is -0.729. The summed E-state index contributed by atoms with van der Waals surface area (Å²) < 4.78 is 22.3. The molecule has 0 radical (unpaired) electrons. The molecule has 0 amide bonds. The van der Waals surface area contributed by atoms with Gasteiger partial charge < -0.3 is 5.73 Å². The molecule has 5 nitrogen and oxygen atoms in total. The average molecular weight is 193 g/mol. The number of aromatic nitrogens is 2. The van der Waals surface area contributed by atoms with Crippen molar-refractivity contribution >= 4 is 21.2 Å². The molecular weight excluding hydrogens is 186 g/mol. The van der Waals surface area contributed by atoms with Gasteiger partial charge in [0.1, 0.15) is 5.51 Å². The Balaban J connectivity index is 2.92. The Morgan fingerprint density at radius 1 is 1.64 bits per heavy atom. The first-order valence-electron chi connectivity index (χ1n) is 2.86. The first-order chi connectivity index (χ1) is 5.17. The summed E-state index contributed by atoms with van der Waals surface area (Å²) in [5.74, 6) is -0.0673. The lowest BCUT2D eigenvalue weighted by Crippen LogP contribution is -2.15. The molecule has 0 saturated carbocycles. The van der Waals surface area contributed by atoms with Crippen LogP contribution in [0.5, 0.6) is 0 Å². The maximum atomic E-state index is 11.1. The van der Waals surface area contributed by atoms with Crippen LogP contribution < -0.4 is 5.73 Å². The van der Waals surface area contributed by atoms with Crippen molar-refractivity contribution in [2.75, 3.05) is 12.3 Å². The Morgan fingerprint density at radius 2 is 2.36 bits per heavy atom. The van der Waals surface area contributed by atoms with Crippen LogP contribution in [0.4, 0.5) is 0 Å². The summed E-state index contributed by atoms with van der Waals surface area (Å²) in [5.41, 5.74) is 6.48. The molecule has 1 aromatic heterocycles. The quantitative estimate of drug-likeness (QED) is 0.684. The molecule has 62 valence electrons. The molecule has 7 heteroatoms. The van der Waals surface area contributed by atoms with Crippen LogP contribution in [0.25, 0.3) is 0 Å². The number of hydrogen-bond donors (Lipinski definition) is 1. The van der Waals surface area contributed by atoms with E-state index in [1.165, 1.54) is 5.51 Å². The standard InChI is InChI=1S/C4H7N3O2S2/c5-1-2-11(8,9)4-7-6-3-10-4/h3H,1-2,5H2. The van der Waals surface area contributed by atoms with E-state index in [1.807, 2.05) is 0 Å². The number of nitrogens with two attached hydrogens (primary N) is 1. The van der Waals surface area contributed by atoms with Gasteiger partial charge in [-0.3, -0.25) is 0 Å².